The van der Waals surface area contributed by atoms with Gasteiger partial charge in [-0.2, -0.15) is 0 Å². The average Bonchev–Trinajstić information content (AvgIpc) is 3.50. The molecule has 2 N–H and O–H groups in total. The molecule has 0 radical (unpaired) electrons. The molecule has 164 valence electrons. The van der Waals surface area contributed by atoms with Crippen molar-refractivity contribution in [2.24, 2.45) is 10.9 Å². The number of morpholine rings is 1. The van der Waals surface area contributed by atoms with Crippen molar-refractivity contribution in [1.29, 1.82) is 0 Å². The van der Waals surface area contributed by atoms with Crippen molar-refractivity contribution >= 4 is 17.6 Å². The second-order valence-corrected chi connectivity index (χ2v) is 8.59. The first-order valence-corrected chi connectivity index (χ1v) is 11.4. The maximum Gasteiger partial charge on any atom is 0.225 e. The number of hydrogen-bond donors (Lipinski definition) is 2. The normalized spacial score (nSPS) is 23.1. The number of guanidine groups is 1. The topological polar surface area (TPSA) is 69.2 Å². The summed E-state index contributed by atoms with van der Waals surface area (Å²) in [7, 11) is 1.80. The number of nitrogens with zero attached hydrogens (tertiary/aromatic N) is 3. The van der Waals surface area contributed by atoms with Crippen molar-refractivity contribution < 1.29 is 9.53 Å². The molecule has 7 heteroatoms. The molecule has 1 aromatic rings. The zero-order valence-corrected chi connectivity index (χ0v) is 18.1. The molecular formula is C23H35N5O2. The maximum atomic E-state index is 12.6. The molecule has 2 saturated heterocycles. The Kier molecular flexibility index (Phi) is 7.10. The van der Waals surface area contributed by atoms with E-state index in [1.54, 1.807) is 7.05 Å². The van der Waals surface area contributed by atoms with Crippen LogP contribution < -0.4 is 15.5 Å². The second kappa shape index (κ2) is 10.2. The summed E-state index contributed by atoms with van der Waals surface area (Å²) in [4.78, 5) is 21.4. The van der Waals surface area contributed by atoms with Gasteiger partial charge in [0.2, 0.25) is 5.91 Å². The van der Waals surface area contributed by atoms with E-state index in [1.807, 2.05) is 4.90 Å². The van der Waals surface area contributed by atoms with Crippen LogP contribution in [0.25, 0.3) is 0 Å². The molecule has 3 fully saturated rings. The Morgan fingerprint density at radius 2 is 1.83 bits per heavy atom. The van der Waals surface area contributed by atoms with Crippen LogP contribution in [0.3, 0.4) is 0 Å². The second-order valence-electron chi connectivity index (χ2n) is 8.59. The fraction of sp³-hybridized carbons (Fsp3) is 0.652. The van der Waals surface area contributed by atoms with Gasteiger partial charge in [0.05, 0.1) is 13.2 Å². The minimum Gasteiger partial charge on any atom is -0.378 e. The predicted molar refractivity (Wildman–Crippen MR) is 120 cm³/mol. The van der Waals surface area contributed by atoms with Crippen LogP contribution >= 0.6 is 0 Å². The molecule has 0 aromatic heterocycles. The van der Waals surface area contributed by atoms with Crippen LogP contribution in [0.5, 0.6) is 0 Å². The summed E-state index contributed by atoms with van der Waals surface area (Å²) in [5.74, 6) is 1.43. The van der Waals surface area contributed by atoms with E-state index in [-0.39, 0.29) is 12.0 Å². The van der Waals surface area contributed by atoms with Gasteiger partial charge in [-0.05, 0) is 37.0 Å². The first-order chi connectivity index (χ1) is 14.7. The van der Waals surface area contributed by atoms with Crippen LogP contribution in [0.1, 0.15) is 37.7 Å². The highest BCUT2D eigenvalue weighted by Crippen LogP contribution is 2.27. The van der Waals surface area contributed by atoms with E-state index >= 15 is 0 Å². The highest BCUT2D eigenvalue weighted by molar-refractivity contribution is 5.81. The minimum atomic E-state index is 0.265. The summed E-state index contributed by atoms with van der Waals surface area (Å²) in [5, 5.41) is 6.91. The Bertz CT molecular complexity index is 724. The van der Waals surface area contributed by atoms with Gasteiger partial charge in [-0.25, -0.2) is 0 Å². The molecule has 1 amide bonds. The van der Waals surface area contributed by atoms with E-state index < -0.39 is 0 Å². The summed E-state index contributed by atoms with van der Waals surface area (Å²) >= 11 is 0. The number of ether oxygens (including phenoxy) is 1. The largest absolute Gasteiger partial charge is 0.378 e. The average molecular weight is 414 g/mol. The van der Waals surface area contributed by atoms with Crippen LogP contribution in [-0.2, 0) is 16.1 Å². The molecule has 2 aliphatic heterocycles. The Labute approximate surface area is 179 Å². The summed E-state index contributed by atoms with van der Waals surface area (Å²) in [6.45, 7) is 5.87. The van der Waals surface area contributed by atoms with Gasteiger partial charge >= 0.3 is 0 Å². The lowest BCUT2D eigenvalue weighted by atomic mass is 10.1. The molecule has 2 heterocycles. The fourth-order valence-corrected chi connectivity index (χ4v) is 4.73. The molecule has 1 aliphatic carbocycles. The van der Waals surface area contributed by atoms with Gasteiger partial charge in [-0.1, -0.05) is 25.0 Å². The number of anilines is 1. The summed E-state index contributed by atoms with van der Waals surface area (Å²) in [6, 6.07) is 8.97. The summed E-state index contributed by atoms with van der Waals surface area (Å²) in [6.07, 6.45) is 5.53. The molecule has 7 nitrogen and oxygen atoms in total. The van der Waals surface area contributed by atoms with E-state index in [0.717, 1.165) is 71.2 Å². The van der Waals surface area contributed by atoms with Crippen LogP contribution in [0.15, 0.2) is 29.3 Å². The van der Waals surface area contributed by atoms with Crippen LogP contribution in [-0.4, -0.2) is 69.2 Å². The number of hydrogen-bond acceptors (Lipinski definition) is 4. The third-order valence-corrected chi connectivity index (χ3v) is 6.54. The highest BCUT2D eigenvalue weighted by atomic mass is 16.5. The van der Waals surface area contributed by atoms with Crippen LogP contribution in [0.4, 0.5) is 5.69 Å². The smallest absolute Gasteiger partial charge is 0.225 e. The fourth-order valence-electron chi connectivity index (χ4n) is 4.73. The van der Waals surface area contributed by atoms with Crippen molar-refractivity contribution in [3.05, 3.63) is 29.8 Å². The zero-order valence-electron chi connectivity index (χ0n) is 18.1. The van der Waals surface area contributed by atoms with E-state index in [1.165, 1.54) is 24.1 Å². The lowest BCUT2D eigenvalue weighted by Crippen LogP contribution is -2.45. The van der Waals surface area contributed by atoms with E-state index in [0.29, 0.717) is 5.91 Å². The number of nitrogens with one attached hydrogen (secondary N) is 2. The Morgan fingerprint density at radius 3 is 2.53 bits per heavy atom. The number of rotatable bonds is 5. The Morgan fingerprint density at radius 1 is 1.10 bits per heavy atom. The minimum absolute atomic E-state index is 0.265. The standard InChI is InChI=1S/C23H35N5O2/c1-24-23(26-20-10-11-28(17-20)22(29)19-4-2-3-5-19)25-16-18-6-8-21(9-7-18)27-12-14-30-15-13-27/h6-9,19-20H,2-5,10-17H2,1H3,(H2,24,25,26). The van der Waals surface area contributed by atoms with E-state index in [9.17, 15) is 4.79 Å². The van der Waals surface area contributed by atoms with Crippen molar-refractivity contribution in [3.63, 3.8) is 0 Å². The van der Waals surface area contributed by atoms with Crippen molar-refractivity contribution in [3.8, 4) is 0 Å². The quantitative estimate of drug-likeness (QED) is 0.571. The monoisotopic (exact) mass is 413 g/mol. The predicted octanol–water partition coefficient (Wildman–Crippen LogP) is 1.98. The Hall–Kier alpha value is -2.28. The number of aliphatic imine (C=N–C) groups is 1. The van der Waals surface area contributed by atoms with Crippen molar-refractivity contribution in [2.45, 2.75) is 44.7 Å². The third kappa shape index (κ3) is 5.25. The molecule has 1 unspecified atom stereocenters. The van der Waals surface area contributed by atoms with Gasteiger partial charge in [0.15, 0.2) is 5.96 Å². The van der Waals surface area contributed by atoms with Crippen molar-refractivity contribution in [1.82, 2.24) is 15.5 Å². The molecule has 1 aromatic carbocycles. The van der Waals surface area contributed by atoms with Gasteiger partial charge in [0.1, 0.15) is 0 Å². The van der Waals surface area contributed by atoms with Crippen LogP contribution in [0, 0.1) is 5.92 Å². The number of carbonyl (C=O) groups excluding carboxylic acids is 1. The first-order valence-electron chi connectivity index (χ1n) is 11.4. The summed E-state index contributed by atoms with van der Waals surface area (Å²) in [5.41, 5.74) is 2.47. The van der Waals surface area contributed by atoms with Gasteiger partial charge in [-0.3, -0.25) is 9.79 Å². The molecule has 1 atom stereocenters. The van der Waals surface area contributed by atoms with E-state index in [4.69, 9.17) is 4.74 Å². The lowest BCUT2D eigenvalue weighted by Gasteiger charge is -2.29. The van der Waals surface area contributed by atoms with Crippen molar-refractivity contribution in [2.75, 3.05) is 51.3 Å². The van der Waals surface area contributed by atoms with Gasteiger partial charge in [0.25, 0.3) is 0 Å². The molecule has 4 rings (SSSR count). The molecule has 3 aliphatic rings. The van der Waals surface area contributed by atoms with Gasteiger partial charge in [-0.15, -0.1) is 0 Å². The first kappa shape index (κ1) is 21.0. The number of likely N-dealkylation sites (tertiary alicyclic amines) is 1. The molecular weight excluding hydrogens is 378 g/mol. The maximum absolute atomic E-state index is 12.6. The number of amides is 1. The van der Waals surface area contributed by atoms with E-state index in [2.05, 4.69) is 44.8 Å². The lowest BCUT2D eigenvalue weighted by molar-refractivity contribution is -0.134. The molecule has 30 heavy (non-hydrogen) atoms. The van der Waals surface area contributed by atoms with Gasteiger partial charge < -0.3 is 25.2 Å². The molecule has 0 spiro atoms. The third-order valence-electron chi connectivity index (χ3n) is 6.54. The van der Waals surface area contributed by atoms with Crippen LogP contribution in [0.2, 0.25) is 0 Å². The molecule has 0 bridgehead atoms. The SMILES string of the molecule is CN=C(NCc1ccc(N2CCOCC2)cc1)NC1CCN(C(=O)C2CCCC2)C1. The molecule has 1 saturated carbocycles. The van der Waals surface area contributed by atoms with Gasteiger partial charge in [0, 0.05) is 57.4 Å². The summed E-state index contributed by atoms with van der Waals surface area (Å²) < 4.78 is 5.43. The zero-order chi connectivity index (χ0) is 20.8. The number of benzene rings is 1. The number of carbonyl (C=O) groups is 1. The Balaban J connectivity index is 1.22. The highest BCUT2D eigenvalue weighted by Gasteiger charge is 2.32.